The van der Waals surface area contributed by atoms with Gasteiger partial charge in [0.1, 0.15) is 11.5 Å². The minimum Gasteiger partial charge on any atom is -0.456 e. The third-order valence-corrected chi connectivity index (χ3v) is 3.14. The molecule has 0 saturated heterocycles. The van der Waals surface area contributed by atoms with E-state index >= 15 is 0 Å². The average molecular weight is 255 g/mol. The number of carbonyl (C=O) groups is 3. The van der Waals surface area contributed by atoms with Crippen molar-refractivity contribution in [3.05, 3.63) is 52.2 Å². The summed E-state index contributed by atoms with van der Waals surface area (Å²) in [7, 11) is 0. The number of rotatable bonds is 1. The topological polar surface area (TPSA) is 77.2 Å². The lowest BCUT2D eigenvalue weighted by molar-refractivity contribution is 0.0952. The number of aryl methyl sites for hydroxylation is 1. The normalized spacial score (nSPS) is 13.2. The molecule has 0 aliphatic heterocycles. The van der Waals surface area contributed by atoms with Crippen LogP contribution in [-0.2, 0) is 0 Å². The van der Waals surface area contributed by atoms with Crippen molar-refractivity contribution in [2.45, 2.75) is 13.8 Å². The first kappa shape index (κ1) is 11.5. The Hall–Kier alpha value is -2.56. The maximum Gasteiger partial charge on any atom is 0.248 e. The maximum atomic E-state index is 12.4. The van der Waals surface area contributed by atoms with Gasteiger partial charge in [-0.25, -0.2) is 0 Å². The molecule has 0 saturated carbocycles. The fourth-order valence-electron chi connectivity index (χ4n) is 2.36. The fraction of sp³-hybridized carbons (Fsp3) is 0.143. The molecule has 0 radical (unpaired) electrons. The third kappa shape index (κ3) is 1.41. The standard InChI is InChI=1S/C14H9NO4/c1-6(16)9-7(2)19-14-10(9)12(17)8-4-3-5-15-11(8)13(14)18/h3-5H,1-2H3. The van der Waals surface area contributed by atoms with Gasteiger partial charge in [0, 0.05) is 6.20 Å². The molecule has 2 heterocycles. The first-order valence-corrected chi connectivity index (χ1v) is 5.71. The smallest absolute Gasteiger partial charge is 0.248 e. The molecule has 19 heavy (non-hydrogen) atoms. The van der Waals surface area contributed by atoms with Crippen LogP contribution in [0.5, 0.6) is 0 Å². The number of fused-ring (bicyclic) bond motifs is 2. The number of hydrogen-bond acceptors (Lipinski definition) is 5. The predicted molar refractivity (Wildman–Crippen MR) is 64.6 cm³/mol. The van der Waals surface area contributed by atoms with Gasteiger partial charge in [0.25, 0.3) is 0 Å². The van der Waals surface area contributed by atoms with E-state index < -0.39 is 5.78 Å². The molecular weight excluding hydrogens is 246 g/mol. The van der Waals surface area contributed by atoms with Gasteiger partial charge in [-0.1, -0.05) is 0 Å². The van der Waals surface area contributed by atoms with E-state index in [-0.39, 0.29) is 45.5 Å². The molecule has 0 spiro atoms. The molecule has 2 aromatic rings. The van der Waals surface area contributed by atoms with Gasteiger partial charge in [0.05, 0.1) is 16.7 Å². The Morgan fingerprint density at radius 1 is 1.26 bits per heavy atom. The van der Waals surface area contributed by atoms with Crippen LogP contribution in [0, 0.1) is 6.92 Å². The van der Waals surface area contributed by atoms with E-state index in [9.17, 15) is 14.4 Å². The average Bonchev–Trinajstić information content (AvgIpc) is 2.74. The Labute approximate surface area is 108 Å². The van der Waals surface area contributed by atoms with Gasteiger partial charge in [0.15, 0.2) is 17.3 Å². The highest BCUT2D eigenvalue weighted by Gasteiger charge is 2.38. The van der Waals surface area contributed by atoms with Gasteiger partial charge < -0.3 is 4.42 Å². The Kier molecular flexibility index (Phi) is 2.25. The summed E-state index contributed by atoms with van der Waals surface area (Å²) in [4.78, 5) is 40.2. The van der Waals surface area contributed by atoms with Crippen LogP contribution < -0.4 is 0 Å². The number of Topliss-reactive ketones (excluding diaryl/α,β-unsaturated/α-hetero) is 1. The highest BCUT2D eigenvalue weighted by molar-refractivity contribution is 6.29. The Balaban J connectivity index is 2.37. The molecule has 0 aromatic carbocycles. The van der Waals surface area contributed by atoms with Gasteiger partial charge in [-0.05, 0) is 26.0 Å². The molecule has 1 aliphatic carbocycles. The molecule has 0 N–H and O–H groups in total. The summed E-state index contributed by atoms with van der Waals surface area (Å²) in [6, 6.07) is 3.10. The van der Waals surface area contributed by atoms with Crippen molar-refractivity contribution in [2.75, 3.05) is 0 Å². The Bertz CT molecular complexity index is 755. The van der Waals surface area contributed by atoms with E-state index in [0.717, 1.165) is 0 Å². The molecule has 5 nitrogen and oxygen atoms in total. The molecule has 1 aliphatic rings. The third-order valence-electron chi connectivity index (χ3n) is 3.14. The molecule has 2 aromatic heterocycles. The van der Waals surface area contributed by atoms with Gasteiger partial charge in [-0.3, -0.25) is 19.4 Å². The number of nitrogens with zero attached hydrogens (tertiary/aromatic N) is 1. The molecule has 0 atom stereocenters. The van der Waals surface area contributed by atoms with E-state index in [1.54, 1.807) is 13.0 Å². The van der Waals surface area contributed by atoms with Gasteiger partial charge >= 0.3 is 0 Å². The summed E-state index contributed by atoms with van der Waals surface area (Å²) < 4.78 is 5.31. The van der Waals surface area contributed by atoms with Crippen molar-refractivity contribution >= 4 is 17.3 Å². The first-order chi connectivity index (χ1) is 9.02. The largest absolute Gasteiger partial charge is 0.456 e. The second-order valence-electron chi connectivity index (χ2n) is 4.35. The van der Waals surface area contributed by atoms with E-state index in [4.69, 9.17) is 4.42 Å². The second-order valence-corrected chi connectivity index (χ2v) is 4.35. The SMILES string of the molecule is CC(=O)c1c(C)oc2c1C(=O)c1cccnc1C2=O. The summed E-state index contributed by atoms with van der Waals surface area (Å²) >= 11 is 0. The zero-order valence-corrected chi connectivity index (χ0v) is 10.3. The van der Waals surface area contributed by atoms with Crippen molar-refractivity contribution in [3.63, 3.8) is 0 Å². The van der Waals surface area contributed by atoms with E-state index in [2.05, 4.69) is 4.98 Å². The van der Waals surface area contributed by atoms with Crippen molar-refractivity contribution in [2.24, 2.45) is 0 Å². The van der Waals surface area contributed by atoms with Crippen molar-refractivity contribution < 1.29 is 18.8 Å². The van der Waals surface area contributed by atoms with Crippen LogP contribution in [0.3, 0.4) is 0 Å². The van der Waals surface area contributed by atoms with Gasteiger partial charge in [-0.15, -0.1) is 0 Å². The second kappa shape index (κ2) is 3.71. The number of furan rings is 1. The summed E-state index contributed by atoms with van der Waals surface area (Å²) in [5.41, 5.74) is 0.533. The minimum atomic E-state index is -0.458. The van der Waals surface area contributed by atoms with E-state index in [1.165, 1.54) is 19.2 Å². The lowest BCUT2D eigenvalue weighted by Gasteiger charge is -2.12. The Morgan fingerprint density at radius 3 is 2.68 bits per heavy atom. The summed E-state index contributed by atoms with van der Waals surface area (Å²) in [6.07, 6.45) is 1.44. The molecule has 0 amide bonds. The highest BCUT2D eigenvalue weighted by Crippen LogP contribution is 2.32. The zero-order valence-electron chi connectivity index (χ0n) is 10.3. The zero-order chi connectivity index (χ0) is 13.7. The number of ketones is 3. The van der Waals surface area contributed by atoms with Crippen LogP contribution in [0.25, 0.3) is 0 Å². The molecule has 0 unspecified atom stereocenters. The van der Waals surface area contributed by atoms with Gasteiger partial charge in [0.2, 0.25) is 5.78 Å². The summed E-state index contributed by atoms with van der Waals surface area (Å²) in [5, 5.41) is 0. The van der Waals surface area contributed by atoms with Crippen LogP contribution in [0.4, 0.5) is 0 Å². The van der Waals surface area contributed by atoms with Crippen LogP contribution >= 0.6 is 0 Å². The van der Waals surface area contributed by atoms with Crippen molar-refractivity contribution in [3.8, 4) is 0 Å². The fourth-order valence-corrected chi connectivity index (χ4v) is 2.36. The quantitative estimate of drug-likeness (QED) is 0.621. The van der Waals surface area contributed by atoms with Gasteiger partial charge in [-0.2, -0.15) is 0 Å². The molecule has 0 bridgehead atoms. The summed E-state index contributed by atoms with van der Waals surface area (Å²) in [6.45, 7) is 2.91. The van der Waals surface area contributed by atoms with Crippen LogP contribution in [-0.4, -0.2) is 22.3 Å². The minimum absolute atomic E-state index is 0.0653. The molecule has 0 fully saturated rings. The lowest BCUT2D eigenvalue weighted by Crippen LogP contribution is -2.22. The van der Waals surface area contributed by atoms with E-state index in [0.29, 0.717) is 0 Å². The Morgan fingerprint density at radius 2 is 2.00 bits per heavy atom. The van der Waals surface area contributed by atoms with Crippen LogP contribution in [0.1, 0.15) is 55.2 Å². The highest BCUT2D eigenvalue weighted by atomic mass is 16.4. The molecule has 5 heteroatoms. The van der Waals surface area contributed by atoms with Crippen molar-refractivity contribution in [1.82, 2.24) is 4.98 Å². The monoisotopic (exact) mass is 255 g/mol. The number of aromatic nitrogens is 1. The number of hydrogen-bond donors (Lipinski definition) is 0. The van der Waals surface area contributed by atoms with Crippen molar-refractivity contribution in [1.29, 1.82) is 0 Å². The molecular formula is C14H9NO4. The number of carbonyl (C=O) groups excluding carboxylic acids is 3. The first-order valence-electron chi connectivity index (χ1n) is 5.71. The van der Waals surface area contributed by atoms with Crippen LogP contribution in [0.15, 0.2) is 22.7 Å². The molecule has 94 valence electrons. The maximum absolute atomic E-state index is 12.4. The van der Waals surface area contributed by atoms with Crippen LogP contribution in [0.2, 0.25) is 0 Å². The molecule has 3 rings (SSSR count). The predicted octanol–water partition coefficient (Wildman–Crippen LogP) is 1.96. The van der Waals surface area contributed by atoms with E-state index in [1.807, 2.05) is 0 Å². The summed E-state index contributed by atoms with van der Waals surface area (Å²) in [5.74, 6) is -0.942. The lowest BCUT2D eigenvalue weighted by atomic mass is 9.88. The number of pyridine rings is 1.